The first kappa shape index (κ1) is 24.6. The van der Waals surface area contributed by atoms with Crippen LogP contribution in [0.1, 0.15) is 35.8 Å². The Bertz CT molecular complexity index is 1450. The molecule has 2 aromatic heterocycles. The number of nitrogens with one attached hydrogen (secondary N) is 1. The fourth-order valence-electron chi connectivity index (χ4n) is 5.58. The molecule has 38 heavy (non-hydrogen) atoms. The number of tetrazole rings is 1. The summed E-state index contributed by atoms with van der Waals surface area (Å²) in [5, 5.41) is 13.8. The van der Waals surface area contributed by atoms with Gasteiger partial charge in [0.2, 0.25) is 0 Å². The lowest BCUT2D eigenvalue weighted by Gasteiger charge is -2.39. The van der Waals surface area contributed by atoms with Gasteiger partial charge in [-0.15, -0.1) is 5.10 Å². The second kappa shape index (κ2) is 10.5. The molecule has 0 spiro atoms. The summed E-state index contributed by atoms with van der Waals surface area (Å²) in [5.74, 6) is 1.52. The predicted molar refractivity (Wildman–Crippen MR) is 145 cm³/mol. The van der Waals surface area contributed by atoms with Gasteiger partial charge in [-0.05, 0) is 77.5 Å². The molecule has 1 N–H and O–H groups in total. The van der Waals surface area contributed by atoms with Crippen LogP contribution in [0.4, 0.5) is 5.69 Å². The van der Waals surface area contributed by atoms with E-state index < -0.39 is 0 Å². The maximum Gasteiger partial charge on any atom is 0.253 e. The largest absolute Gasteiger partial charge is 0.497 e. The maximum absolute atomic E-state index is 13.5. The smallest absolute Gasteiger partial charge is 0.253 e. The maximum atomic E-state index is 13.5. The predicted octanol–water partition coefficient (Wildman–Crippen LogP) is 2.92. The number of fused-ring (bicyclic) bond motifs is 1. The van der Waals surface area contributed by atoms with Crippen LogP contribution in [0, 0.1) is 6.92 Å². The molecule has 6 rings (SSSR count). The van der Waals surface area contributed by atoms with Crippen LogP contribution in [0.2, 0.25) is 0 Å². The summed E-state index contributed by atoms with van der Waals surface area (Å²) in [6.45, 7) is 6.53. The molecule has 0 radical (unpaired) electrons. The minimum atomic E-state index is -0.376. The molecule has 0 unspecified atom stereocenters. The number of aryl methyl sites for hydroxylation is 1. The number of benzene rings is 2. The van der Waals surface area contributed by atoms with Crippen molar-refractivity contribution in [1.82, 2.24) is 30.1 Å². The van der Waals surface area contributed by atoms with E-state index in [2.05, 4.69) is 54.6 Å². The van der Waals surface area contributed by atoms with Crippen LogP contribution in [-0.4, -0.2) is 76.1 Å². The molecule has 0 aliphatic carbocycles. The summed E-state index contributed by atoms with van der Waals surface area (Å²) in [6, 6.07) is 15.9. The van der Waals surface area contributed by atoms with Crippen molar-refractivity contribution in [3.05, 3.63) is 75.8 Å². The molecule has 0 saturated carbocycles. The van der Waals surface area contributed by atoms with Crippen molar-refractivity contribution in [3.63, 3.8) is 0 Å². The zero-order chi connectivity index (χ0) is 26.1. The summed E-state index contributed by atoms with van der Waals surface area (Å²) in [4.78, 5) is 21.3. The van der Waals surface area contributed by atoms with Gasteiger partial charge < -0.3 is 19.4 Å². The molecule has 2 aliphatic heterocycles. The highest BCUT2D eigenvalue weighted by Crippen LogP contribution is 2.30. The average Bonchev–Trinajstić information content (AvgIpc) is 3.62. The molecule has 4 heterocycles. The van der Waals surface area contributed by atoms with Crippen LogP contribution in [0.5, 0.6) is 5.75 Å². The fourth-order valence-corrected chi connectivity index (χ4v) is 5.58. The third-order valence-electron chi connectivity index (χ3n) is 7.65. The van der Waals surface area contributed by atoms with Gasteiger partial charge in [0.1, 0.15) is 11.8 Å². The number of hydrogen-bond donors (Lipinski definition) is 1. The molecule has 2 fully saturated rings. The van der Waals surface area contributed by atoms with Gasteiger partial charge in [0.15, 0.2) is 5.82 Å². The van der Waals surface area contributed by atoms with E-state index in [0.29, 0.717) is 17.9 Å². The van der Waals surface area contributed by atoms with Crippen molar-refractivity contribution in [2.24, 2.45) is 0 Å². The molecule has 198 valence electrons. The first-order valence-electron chi connectivity index (χ1n) is 13.2. The highest BCUT2D eigenvalue weighted by molar-refractivity contribution is 5.79. The number of methoxy groups -OCH3 is 1. The standard InChI is InChI=1S/C28H33N7O3/c1-19-5-6-20-17-24(28(36)29-25(20)16-19)26(27-30-31-32-35(27)18-23-4-3-15-38-23)34-13-11-33(12-14-34)21-7-9-22(37-2)10-8-21/h5-10,16-17,23,26H,3-4,11-15,18H2,1-2H3,(H,29,36)/t23-,26-/m1/s1. The van der Waals surface area contributed by atoms with E-state index in [9.17, 15) is 4.79 Å². The zero-order valence-electron chi connectivity index (χ0n) is 21.8. The lowest BCUT2D eigenvalue weighted by Crippen LogP contribution is -2.49. The third kappa shape index (κ3) is 4.89. The van der Waals surface area contributed by atoms with Crippen molar-refractivity contribution < 1.29 is 9.47 Å². The Morgan fingerprint density at radius 2 is 1.92 bits per heavy atom. The lowest BCUT2D eigenvalue weighted by molar-refractivity contribution is 0.0906. The lowest BCUT2D eigenvalue weighted by atomic mass is 10.0. The monoisotopic (exact) mass is 515 g/mol. The quantitative estimate of drug-likeness (QED) is 0.401. The van der Waals surface area contributed by atoms with Gasteiger partial charge >= 0.3 is 0 Å². The van der Waals surface area contributed by atoms with Crippen LogP contribution in [0.15, 0.2) is 53.3 Å². The number of pyridine rings is 1. The Kier molecular flexibility index (Phi) is 6.82. The van der Waals surface area contributed by atoms with E-state index in [1.54, 1.807) is 7.11 Å². The van der Waals surface area contributed by atoms with Crippen molar-refractivity contribution in [3.8, 4) is 5.75 Å². The molecular weight excluding hydrogens is 482 g/mol. The highest BCUT2D eigenvalue weighted by Gasteiger charge is 2.33. The molecule has 2 atom stereocenters. The van der Waals surface area contributed by atoms with Crippen LogP contribution >= 0.6 is 0 Å². The van der Waals surface area contributed by atoms with Gasteiger partial charge in [-0.1, -0.05) is 12.1 Å². The molecule has 2 aromatic carbocycles. The van der Waals surface area contributed by atoms with Crippen molar-refractivity contribution in [1.29, 1.82) is 0 Å². The van der Waals surface area contributed by atoms with Gasteiger partial charge in [-0.25, -0.2) is 4.68 Å². The van der Waals surface area contributed by atoms with Crippen LogP contribution in [-0.2, 0) is 11.3 Å². The van der Waals surface area contributed by atoms with Crippen molar-refractivity contribution >= 4 is 16.6 Å². The number of rotatable bonds is 7. The number of piperazine rings is 1. The van der Waals surface area contributed by atoms with E-state index in [4.69, 9.17) is 9.47 Å². The molecule has 0 bridgehead atoms. The fraction of sp³-hybridized carbons (Fsp3) is 0.429. The van der Waals surface area contributed by atoms with Crippen molar-refractivity contribution in [2.45, 2.75) is 38.5 Å². The number of aromatic nitrogens is 5. The number of ether oxygens (including phenoxy) is 2. The van der Waals surface area contributed by atoms with Crippen LogP contribution in [0.25, 0.3) is 10.9 Å². The number of aromatic amines is 1. The number of nitrogens with zero attached hydrogens (tertiary/aromatic N) is 6. The second-order valence-corrected chi connectivity index (χ2v) is 10.1. The van der Waals surface area contributed by atoms with Crippen molar-refractivity contribution in [2.75, 3.05) is 44.8 Å². The van der Waals surface area contributed by atoms with Gasteiger partial charge in [0.05, 0.1) is 19.8 Å². The van der Waals surface area contributed by atoms with Gasteiger partial charge in [0, 0.05) is 49.6 Å². The number of H-pyrrole nitrogens is 1. The average molecular weight is 516 g/mol. The summed E-state index contributed by atoms with van der Waals surface area (Å²) < 4.78 is 13.0. The zero-order valence-corrected chi connectivity index (χ0v) is 21.8. The second-order valence-electron chi connectivity index (χ2n) is 10.1. The topological polar surface area (TPSA) is 101 Å². The van der Waals surface area contributed by atoms with E-state index in [-0.39, 0.29) is 17.7 Å². The molecule has 2 aliphatic rings. The van der Waals surface area contributed by atoms with Crippen LogP contribution < -0.4 is 15.2 Å². The minimum Gasteiger partial charge on any atom is -0.497 e. The van der Waals surface area contributed by atoms with Crippen LogP contribution in [0.3, 0.4) is 0 Å². The van der Waals surface area contributed by atoms with E-state index >= 15 is 0 Å². The summed E-state index contributed by atoms with van der Waals surface area (Å²) in [6.07, 6.45) is 2.12. The molecule has 2 saturated heterocycles. The minimum absolute atomic E-state index is 0.0858. The molecule has 10 heteroatoms. The molecule has 10 nitrogen and oxygen atoms in total. The summed E-state index contributed by atoms with van der Waals surface area (Å²) in [7, 11) is 1.68. The summed E-state index contributed by atoms with van der Waals surface area (Å²) >= 11 is 0. The van der Waals surface area contributed by atoms with E-state index in [1.165, 1.54) is 0 Å². The Hall–Kier alpha value is -3.76. The molecule has 0 amide bonds. The summed E-state index contributed by atoms with van der Waals surface area (Å²) in [5.41, 5.74) is 3.64. The Morgan fingerprint density at radius 3 is 2.66 bits per heavy atom. The number of anilines is 1. The third-order valence-corrected chi connectivity index (χ3v) is 7.65. The normalized spacial score (nSPS) is 19.2. The Balaban J connectivity index is 1.34. The molecular formula is C28H33N7O3. The Morgan fingerprint density at radius 1 is 1.11 bits per heavy atom. The van der Waals surface area contributed by atoms with Gasteiger partial charge in [-0.3, -0.25) is 9.69 Å². The van der Waals surface area contributed by atoms with Gasteiger partial charge in [0.25, 0.3) is 5.56 Å². The van der Waals surface area contributed by atoms with Gasteiger partial charge in [-0.2, -0.15) is 0 Å². The van der Waals surface area contributed by atoms with E-state index in [0.717, 1.165) is 73.5 Å². The first-order valence-corrected chi connectivity index (χ1v) is 13.2. The Labute approximate surface area is 221 Å². The first-order chi connectivity index (χ1) is 18.6. The molecule has 4 aromatic rings. The SMILES string of the molecule is COc1ccc(N2CCN([C@H](c3cc4ccc(C)cc4[nH]c3=O)c3nnnn3C[C@H]3CCCO3)CC2)cc1. The number of hydrogen-bond acceptors (Lipinski definition) is 8. The highest BCUT2D eigenvalue weighted by atomic mass is 16.5. The van der Waals surface area contributed by atoms with E-state index in [1.807, 2.05) is 35.9 Å².